The summed E-state index contributed by atoms with van der Waals surface area (Å²) in [6.07, 6.45) is 7.98. The van der Waals surface area contributed by atoms with E-state index in [0.717, 1.165) is 42.0 Å². The van der Waals surface area contributed by atoms with Crippen LogP contribution < -0.4 is 0 Å². The van der Waals surface area contributed by atoms with Gasteiger partial charge in [-0.2, -0.15) is 0 Å². The quantitative estimate of drug-likeness (QED) is 0.904. The number of fused-ring (bicyclic) bond motifs is 1. The number of pyridine rings is 1. The number of nitrogens with one attached hydrogen (secondary N) is 1. The molecule has 3 rings (SSSR count). The molecular weight excluding hydrogens is 226 g/mol. The molecule has 1 saturated heterocycles. The molecule has 0 radical (unpaired) electrons. The Morgan fingerprint density at radius 1 is 1.44 bits per heavy atom. The van der Waals surface area contributed by atoms with E-state index in [0.29, 0.717) is 6.10 Å². The normalized spacial score (nSPS) is 20.4. The van der Waals surface area contributed by atoms with Crippen molar-refractivity contribution < 1.29 is 4.74 Å². The minimum absolute atomic E-state index is 0.418. The van der Waals surface area contributed by atoms with E-state index in [4.69, 9.17) is 4.74 Å². The minimum atomic E-state index is 0.418. The summed E-state index contributed by atoms with van der Waals surface area (Å²) in [5.74, 6) is 1.03. The molecule has 4 nitrogen and oxygen atoms in total. The van der Waals surface area contributed by atoms with Crippen LogP contribution in [-0.2, 0) is 11.2 Å². The molecule has 0 saturated carbocycles. The lowest BCUT2D eigenvalue weighted by molar-refractivity contribution is 0.0112. The van der Waals surface area contributed by atoms with Gasteiger partial charge in [0.15, 0.2) is 5.65 Å². The second-order valence-electron chi connectivity index (χ2n) is 5.09. The number of rotatable bonds is 3. The zero-order valence-electron chi connectivity index (χ0n) is 10.8. The largest absolute Gasteiger partial charge is 0.378 e. The van der Waals surface area contributed by atoms with Crippen LogP contribution in [0, 0.1) is 6.92 Å². The predicted octanol–water partition coefficient (Wildman–Crippen LogP) is 2.77. The summed E-state index contributed by atoms with van der Waals surface area (Å²) in [7, 11) is 0. The first-order valence-corrected chi connectivity index (χ1v) is 6.74. The highest BCUT2D eigenvalue weighted by Crippen LogP contribution is 2.18. The Morgan fingerprint density at radius 2 is 2.39 bits per heavy atom. The van der Waals surface area contributed by atoms with E-state index in [-0.39, 0.29) is 0 Å². The summed E-state index contributed by atoms with van der Waals surface area (Å²) >= 11 is 0. The van der Waals surface area contributed by atoms with Crippen LogP contribution >= 0.6 is 0 Å². The zero-order chi connectivity index (χ0) is 12.4. The summed E-state index contributed by atoms with van der Waals surface area (Å²) in [4.78, 5) is 12.2. The van der Waals surface area contributed by atoms with Crippen molar-refractivity contribution in [2.75, 3.05) is 6.61 Å². The summed E-state index contributed by atoms with van der Waals surface area (Å²) in [6, 6.07) is 2.09. The Balaban J connectivity index is 1.67. The summed E-state index contributed by atoms with van der Waals surface area (Å²) in [5.41, 5.74) is 3.02. The molecular formula is C14H19N3O. The number of hydrogen-bond acceptors (Lipinski definition) is 3. The molecule has 1 fully saturated rings. The first-order valence-electron chi connectivity index (χ1n) is 6.74. The molecule has 18 heavy (non-hydrogen) atoms. The lowest BCUT2D eigenvalue weighted by atomic mass is 10.0. The number of ether oxygens (including phenoxy) is 1. The molecule has 4 heteroatoms. The van der Waals surface area contributed by atoms with Gasteiger partial charge in [0.2, 0.25) is 0 Å². The van der Waals surface area contributed by atoms with Crippen LogP contribution in [0.15, 0.2) is 12.3 Å². The third kappa shape index (κ3) is 2.53. The second kappa shape index (κ2) is 5.06. The Hall–Kier alpha value is -1.42. The molecule has 1 unspecified atom stereocenters. The van der Waals surface area contributed by atoms with E-state index < -0.39 is 0 Å². The van der Waals surface area contributed by atoms with Crippen molar-refractivity contribution in [1.29, 1.82) is 0 Å². The highest BCUT2D eigenvalue weighted by Gasteiger charge is 2.14. The number of H-pyrrole nitrogens is 1. The summed E-state index contributed by atoms with van der Waals surface area (Å²) in [6.45, 7) is 2.97. The Bertz CT molecular complexity index is 529. The molecule has 0 spiro atoms. The number of hydrogen-bond donors (Lipinski definition) is 1. The van der Waals surface area contributed by atoms with E-state index >= 15 is 0 Å². The predicted molar refractivity (Wildman–Crippen MR) is 70.5 cm³/mol. The van der Waals surface area contributed by atoms with Crippen molar-refractivity contribution in [1.82, 2.24) is 15.0 Å². The molecule has 1 aliphatic heterocycles. The fraction of sp³-hybridized carbons (Fsp3) is 0.571. The summed E-state index contributed by atoms with van der Waals surface area (Å²) < 4.78 is 5.74. The third-order valence-electron chi connectivity index (χ3n) is 3.50. The lowest BCUT2D eigenvalue weighted by Crippen LogP contribution is -2.19. The van der Waals surface area contributed by atoms with Crippen LogP contribution in [0.1, 0.15) is 37.1 Å². The molecule has 1 atom stereocenters. The molecule has 3 heterocycles. The lowest BCUT2D eigenvalue weighted by Gasteiger charge is -2.21. The van der Waals surface area contributed by atoms with E-state index in [1.54, 1.807) is 0 Å². The average Bonchev–Trinajstić information content (AvgIpc) is 2.79. The van der Waals surface area contributed by atoms with Gasteiger partial charge in [-0.25, -0.2) is 9.97 Å². The van der Waals surface area contributed by atoms with Gasteiger partial charge in [0, 0.05) is 19.2 Å². The number of aromatic amines is 1. The standard InChI is InChI=1S/C14H19N3O/c1-10-8-12-14(15-9-10)17-13(16-12)6-5-11-4-2-3-7-18-11/h8-9,11H,2-7H2,1H3,(H,15,16,17). The SMILES string of the molecule is Cc1cnc2nc(CCC3CCCCO3)[nH]c2c1. The van der Waals surface area contributed by atoms with Crippen LogP contribution in [0.4, 0.5) is 0 Å². The third-order valence-corrected chi connectivity index (χ3v) is 3.50. The van der Waals surface area contributed by atoms with Crippen molar-refractivity contribution in [3.8, 4) is 0 Å². The van der Waals surface area contributed by atoms with Gasteiger partial charge in [-0.3, -0.25) is 0 Å². The molecule has 2 aromatic heterocycles. The summed E-state index contributed by atoms with van der Waals surface area (Å²) in [5, 5.41) is 0. The molecule has 0 aromatic carbocycles. The van der Waals surface area contributed by atoms with Crippen LogP contribution in [0.3, 0.4) is 0 Å². The maximum Gasteiger partial charge on any atom is 0.177 e. The highest BCUT2D eigenvalue weighted by atomic mass is 16.5. The number of nitrogens with zero attached hydrogens (tertiary/aromatic N) is 2. The van der Waals surface area contributed by atoms with Gasteiger partial charge >= 0.3 is 0 Å². The Labute approximate surface area is 107 Å². The Morgan fingerprint density at radius 3 is 3.22 bits per heavy atom. The average molecular weight is 245 g/mol. The van der Waals surface area contributed by atoms with Gasteiger partial charge in [0.05, 0.1) is 11.6 Å². The van der Waals surface area contributed by atoms with E-state index in [9.17, 15) is 0 Å². The van der Waals surface area contributed by atoms with Gasteiger partial charge in [-0.15, -0.1) is 0 Å². The van der Waals surface area contributed by atoms with E-state index in [1.165, 1.54) is 19.3 Å². The van der Waals surface area contributed by atoms with E-state index in [2.05, 4.69) is 21.0 Å². The number of imidazole rings is 1. The van der Waals surface area contributed by atoms with Gasteiger partial charge in [0.1, 0.15) is 5.82 Å². The number of aryl methyl sites for hydroxylation is 2. The van der Waals surface area contributed by atoms with Crippen molar-refractivity contribution >= 4 is 11.2 Å². The Kier molecular flexibility index (Phi) is 3.28. The van der Waals surface area contributed by atoms with Crippen LogP contribution in [0.2, 0.25) is 0 Å². The van der Waals surface area contributed by atoms with E-state index in [1.807, 2.05) is 13.1 Å². The molecule has 2 aromatic rings. The van der Waals surface area contributed by atoms with Crippen molar-refractivity contribution in [3.05, 3.63) is 23.7 Å². The first kappa shape index (κ1) is 11.7. The molecule has 1 aliphatic rings. The smallest absolute Gasteiger partial charge is 0.177 e. The minimum Gasteiger partial charge on any atom is -0.378 e. The van der Waals surface area contributed by atoms with Crippen LogP contribution in [-0.4, -0.2) is 27.7 Å². The monoisotopic (exact) mass is 245 g/mol. The molecule has 0 aliphatic carbocycles. The second-order valence-corrected chi connectivity index (χ2v) is 5.09. The first-order chi connectivity index (χ1) is 8.81. The molecule has 1 N–H and O–H groups in total. The molecule has 0 amide bonds. The van der Waals surface area contributed by atoms with Gasteiger partial charge in [-0.05, 0) is 44.2 Å². The molecule has 96 valence electrons. The van der Waals surface area contributed by atoms with Gasteiger partial charge in [0.25, 0.3) is 0 Å². The van der Waals surface area contributed by atoms with Crippen molar-refractivity contribution in [2.45, 2.75) is 45.1 Å². The molecule has 0 bridgehead atoms. The maximum absolute atomic E-state index is 5.74. The fourth-order valence-corrected chi connectivity index (χ4v) is 2.51. The maximum atomic E-state index is 5.74. The number of aromatic nitrogens is 3. The van der Waals surface area contributed by atoms with Crippen LogP contribution in [0.25, 0.3) is 11.2 Å². The van der Waals surface area contributed by atoms with Crippen molar-refractivity contribution in [2.24, 2.45) is 0 Å². The fourth-order valence-electron chi connectivity index (χ4n) is 2.51. The van der Waals surface area contributed by atoms with Crippen LogP contribution in [0.5, 0.6) is 0 Å². The van der Waals surface area contributed by atoms with Gasteiger partial charge < -0.3 is 9.72 Å². The zero-order valence-corrected chi connectivity index (χ0v) is 10.8. The van der Waals surface area contributed by atoms with Crippen molar-refractivity contribution in [3.63, 3.8) is 0 Å². The van der Waals surface area contributed by atoms with Gasteiger partial charge in [-0.1, -0.05) is 0 Å². The highest BCUT2D eigenvalue weighted by molar-refractivity contribution is 5.70. The topological polar surface area (TPSA) is 50.8 Å².